The van der Waals surface area contributed by atoms with Crippen molar-refractivity contribution in [2.24, 2.45) is 5.92 Å². The Bertz CT molecular complexity index is 1400. The van der Waals surface area contributed by atoms with Crippen LogP contribution in [0, 0.1) is 5.92 Å². The van der Waals surface area contributed by atoms with E-state index in [2.05, 4.69) is 44.7 Å². The maximum atomic E-state index is 13.5. The summed E-state index contributed by atoms with van der Waals surface area (Å²) in [7, 11) is 0. The first-order valence-corrected chi connectivity index (χ1v) is 13.2. The molecule has 2 aromatic carbocycles. The molecule has 0 bridgehead atoms. The summed E-state index contributed by atoms with van der Waals surface area (Å²) in [6.45, 7) is 8.32. The number of ether oxygens (including phenoxy) is 1. The lowest BCUT2D eigenvalue weighted by Crippen LogP contribution is -2.07. The van der Waals surface area contributed by atoms with Crippen LogP contribution in [0.1, 0.15) is 72.0 Å². The summed E-state index contributed by atoms with van der Waals surface area (Å²) in [6.07, 6.45) is 6.52. The zero-order valence-corrected chi connectivity index (χ0v) is 22.1. The van der Waals surface area contributed by atoms with Gasteiger partial charge < -0.3 is 14.2 Å². The second-order valence-electron chi connectivity index (χ2n) is 10.1. The van der Waals surface area contributed by atoms with Gasteiger partial charge in [-0.05, 0) is 78.8 Å². The summed E-state index contributed by atoms with van der Waals surface area (Å²) in [6, 6.07) is 23.4. The molecule has 4 rings (SSSR count). The molecule has 2 aromatic heterocycles. The fraction of sp³-hybridized carbons (Fsp3) is 0.273. The zero-order valence-electron chi connectivity index (χ0n) is 22.1. The van der Waals surface area contributed by atoms with Crippen LogP contribution in [0.25, 0.3) is 5.52 Å². The summed E-state index contributed by atoms with van der Waals surface area (Å²) in [4.78, 5) is 24.4. The minimum absolute atomic E-state index is 0.0758. The van der Waals surface area contributed by atoms with Gasteiger partial charge in [-0.25, -0.2) is 0 Å². The van der Waals surface area contributed by atoms with Crippen LogP contribution in [0.4, 0.5) is 0 Å². The van der Waals surface area contributed by atoms with Gasteiger partial charge in [0.1, 0.15) is 11.9 Å². The fourth-order valence-electron chi connectivity index (χ4n) is 4.77. The molecule has 0 aliphatic carbocycles. The average Bonchev–Trinajstić information content (AvgIpc) is 3.27. The van der Waals surface area contributed by atoms with Gasteiger partial charge in [-0.3, -0.25) is 9.59 Å². The van der Waals surface area contributed by atoms with E-state index < -0.39 is 5.97 Å². The molecule has 38 heavy (non-hydrogen) atoms. The Balaban J connectivity index is 1.51. The highest BCUT2D eigenvalue weighted by atomic mass is 16.5. The number of carbonyl (C=O) groups excluding carboxylic acids is 1. The van der Waals surface area contributed by atoms with E-state index in [1.807, 2.05) is 53.1 Å². The van der Waals surface area contributed by atoms with Gasteiger partial charge in [-0.15, -0.1) is 6.58 Å². The van der Waals surface area contributed by atoms with Crippen LogP contribution in [-0.2, 0) is 17.6 Å². The molecule has 1 atom stereocenters. The van der Waals surface area contributed by atoms with Gasteiger partial charge in [0.25, 0.3) is 0 Å². The normalized spacial score (nSPS) is 12.0. The van der Waals surface area contributed by atoms with Crippen molar-refractivity contribution in [3.8, 4) is 5.75 Å². The number of pyridine rings is 1. The molecule has 5 heteroatoms. The highest BCUT2D eigenvalue weighted by Crippen LogP contribution is 2.28. The third-order valence-electron chi connectivity index (χ3n) is 6.60. The summed E-state index contributed by atoms with van der Waals surface area (Å²) in [5.74, 6) is 0.405. The van der Waals surface area contributed by atoms with E-state index in [0.717, 1.165) is 23.2 Å². The number of ketones is 1. The number of fused-ring (bicyclic) bond motifs is 1. The molecule has 1 N–H and O–H groups in total. The van der Waals surface area contributed by atoms with Crippen LogP contribution in [0.15, 0.2) is 91.6 Å². The molecule has 0 saturated carbocycles. The standard InChI is InChI=1S/C33H35NO4/c1-4-8-31(25-14-12-24(13-15-25)21-23(2)3)38-28-18-16-26(17-19-28)33(37)29-22-27(9-7-11-32(35)36)34-20-6-5-10-30(29)34/h4-6,10,12-20,22-23,31H,1,7-9,11,21H2,2-3H3,(H,35,36). The molecule has 0 amide bonds. The number of aryl methyl sites for hydroxylation is 1. The van der Waals surface area contributed by atoms with Crippen LogP contribution in [0.2, 0.25) is 0 Å². The topological polar surface area (TPSA) is 68.0 Å². The van der Waals surface area contributed by atoms with E-state index >= 15 is 0 Å². The van der Waals surface area contributed by atoms with Crippen molar-refractivity contribution in [3.05, 3.63) is 120 Å². The highest BCUT2D eigenvalue weighted by Gasteiger charge is 2.18. The highest BCUT2D eigenvalue weighted by molar-refractivity contribution is 6.13. The molecular weight excluding hydrogens is 474 g/mol. The third kappa shape index (κ3) is 6.60. The number of nitrogens with zero attached hydrogens (tertiary/aromatic N) is 1. The molecule has 0 fully saturated rings. The second-order valence-corrected chi connectivity index (χ2v) is 10.1. The Morgan fingerprint density at radius 1 is 1.03 bits per heavy atom. The fourth-order valence-corrected chi connectivity index (χ4v) is 4.77. The van der Waals surface area contributed by atoms with Crippen LogP contribution >= 0.6 is 0 Å². The number of hydrogen-bond acceptors (Lipinski definition) is 3. The van der Waals surface area contributed by atoms with Crippen molar-refractivity contribution in [1.82, 2.24) is 4.40 Å². The van der Waals surface area contributed by atoms with E-state index in [1.165, 1.54) is 5.56 Å². The number of rotatable bonds is 13. The van der Waals surface area contributed by atoms with E-state index in [-0.39, 0.29) is 18.3 Å². The van der Waals surface area contributed by atoms with Crippen LogP contribution in [0.3, 0.4) is 0 Å². The molecule has 5 nitrogen and oxygen atoms in total. The number of carboxylic acids is 1. The minimum atomic E-state index is -0.817. The number of aromatic nitrogens is 1. The molecule has 0 aliphatic heterocycles. The maximum absolute atomic E-state index is 13.5. The van der Waals surface area contributed by atoms with Gasteiger partial charge >= 0.3 is 5.97 Å². The van der Waals surface area contributed by atoms with Crippen molar-refractivity contribution in [2.45, 2.75) is 52.1 Å². The van der Waals surface area contributed by atoms with Gasteiger partial charge in [0.05, 0.1) is 5.52 Å². The maximum Gasteiger partial charge on any atom is 0.303 e. The molecule has 196 valence electrons. The predicted octanol–water partition coefficient (Wildman–Crippen LogP) is 7.47. The van der Waals surface area contributed by atoms with Gasteiger partial charge in [0, 0.05) is 35.9 Å². The molecule has 2 heterocycles. The monoisotopic (exact) mass is 509 g/mol. The Hall–Kier alpha value is -4.12. The number of carbonyl (C=O) groups is 2. The molecular formula is C33H35NO4. The second kappa shape index (κ2) is 12.4. The Labute approximate surface area is 224 Å². The van der Waals surface area contributed by atoms with Gasteiger partial charge in [0.15, 0.2) is 5.78 Å². The average molecular weight is 510 g/mol. The van der Waals surface area contributed by atoms with Crippen LogP contribution < -0.4 is 4.74 Å². The number of carboxylic acid groups (broad SMARTS) is 1. The van der Waals surface area contributed by atoms with E-state index in [1.54, 1.807) is 12.1 Å². The van der Waals surface area contributed by atoms with Crippen molar-refractivity contribution < 1.29 is 19.4 Å². The van der Waals surface area contributed by atoms with Crippen molar-refractivity contribution in [3.63, 3.8) is 0 Å². The summed E-state index contributed by atoms with van der Waals surface area (Å²) in [5.41, 5.74) is 5.33. The van der Waals surface area contributed by atoms with Crippen molar-refractivity contribution in [2.75, 3.05) is 0 Å². The number of aliphatic carboxylic acids is 1. The number of hydrogen-bond donors (Lipinski definition) is 1. The lowest BCUT2D eigenvalue weighted by atomic mass is 9.99. The zero-order chi connectivity index (χ0) is 27.1. The molecule has 1 unspecified atom stereocenters. The van der Waals surface area contributed by atoms with E-state index in [9.17, 15) is 9.59 Å². The minimum Gasteiger partial charge on any atom is -0.485 e. The lowest BCUT2D eigenvalue weighted by Gasteiger charge is -2.19. The number of benzene rings is 2. The quantitative estimate of drug-likeness (QED) is 0.150. The first-order valence-electron chi connectivity index (χ1n) is 13.2. The van der Waals surface area contributed by atoms with Crippen molar-refractivity contribution in [1.29, 1.82) is 0 Å². The largest absolute Gasteiger partial charge is 0.485 e. The molecule has 0 spiro atoms. The summed E-state index contributed by atoms with van der Waals surface area (Å²) >= 11 is 0. The Morgan fingerprint density at radius 3 is 2.42 bits per heavy atom. The van der Waals surface area contributed by atoms with Gasteiger partial charge in [-0.1, -0.05) is 50.3 Å². The molecule has 0 aliphatic rings. The van der Waals surface area contributed by atoms with E-state index in [4.69, 9.17) is 9.84 Å². The molecule has 4 aromatic rings. The lowest BCUT2D eigenvalue weighted by molar-refractivity contribution is -0.137. The first kappa shape index (κ1) is 26.9. The van der Waals surface area contributed by atoms with Gasteiger partial charge in [0.2, 0.25) is 0 Å². The SMILES string of the molecule is C=CCC(Oc1ccc(C(=O)c2cc(CCCC(=O)O)n3ccccc23)cc1)c1ccc(CC(C)C)cc1. The van der Waals surface area contributed by atoms with Crippen LogP contribution in [-0.4, -0.2) is 21.3 Å². The summed E-state index contributed by atoms with van der Waals surface area (Å²) in [5, 5.41) is 8.98. The Morgan fingerprint density at radius 2 is 1.76 bits per heavy atom. The molecule has 0 radical (unpaired) electrons. The smallest absolute Gasteiger partial charge is 0.303 e. The summed E-state index contributed by atoms with van der Waals surface area (Å²) < 4.78 is 8.28. The predicted molar refractivity (Wildman–Crippen MR) is 151 cm³/mol. The molecule has 0 saturated heterocycles. The Kier molecular flexibility index (Phi) is 8.80. The third-order valence-corrected chi connectivity index (χ3v) is 6.60. The van der Waals surface area contributed by atoms with Gasteiger partial charge in [-0.2, -0.15) is 0 Å². The van der Waals surface area contributed by atoms with Crippen molar-refractivity contribution >= 4 is 17.3 Å². The van der Waals surface area contributed by atoms with Crippen LogP contribution in [0.5, 0.6) is 5.75 Å². The van der Waals surface area contributed by atoms with E-state index in [0.29, 0.717) is 42.1 Å². The first-order chi connectivity index (χ1) is 18.4.